The van der Waals surface area contributed by atoms with E-state index in [9.17, 15) is 21.6 Å². The van der Waals surface area contributed by atoms with Gasteiger partial charge in [0.25, 0.3) is 0 Å². The van der Waals surface area contributed by atoms with Crippen molar-refractivity contribution in [2.24, 2.45) is 5.92 Å². The van der Waals surface area contributed by atoms with Crippen molar-refractivity contribution in [2.45, 2.75) is 46.2 Å². The Kier molecular flexibility index (Phi) is 7.05. The van der Waals surface area contributed by atoms with E-state index in [1.165, 1.54) is 37.3 Å². The molecule has 0 bridgehead atoms. The Morgan fingerprint density at radius 1 is 0.938 bits per heavy atom. The Bertz CT molecular complexity index is 1130. The fourth-order valence-electron chi connectivity index (χ4n) is 4.19. The van der Waals surface area contributed by atoms with E-state index in [1.807, 2.05) is 0 Å². The molecular formula is C24H26O6S2. The minimum atomic E-state index is -4.39. The molecule has 0 fully saturated rings. The number of allylic oxidation sites excluding steroid dienone is 2. The molecule has 0 heterocycles. The van der Waals surface area contributed by atoms with Crippen molar-refractivity contribution < 1.29 is 26.4 Å². The molecule has 32 heavy (non-hydrogen) atoms. The molecule has 2 atom stereocenters. The summed E-state index contributed by atoms with van der Waals surface area (Å²) in [6.45, 7) is 4.98. The fraction of sp³-hybridized carbons (Fsp3) is 0.292. The van der Waals surface area contributed by atoms with Crippen molar-refractivity contribution >= 4 is 25.6 Å². The molecule has 0 saturated heterocycles. The summed E-state index contributed by atoms with van der Waals surface area (Å²) in [6, 6.07) is 15.2. The standard InChI is InChI=1S/C24H26O6S2/c1-3-18-24(31(26,27)22-10-6-4-7-11-22,32(28,29)23-12-8-5-9-13-23)20-14-16-21(17-15-20)30-19(2)25/h3-14,16,20-21H,1,15,17-18H2,2H3/t20-,21+/m0/s1. The van der Waals surface area contributed by atoms with E-state index in [0.717, 1.165) is 0 Å². The van der Waals surface area contributed by atoms with E-state index in [1.54, 1.807) is 48.6 Å². The zero-order valence-electron chi connectivity index (χ0n) is 17.8. The van der Waals surface area contributed by atoms with Crippen molar-refractivity contribution in [2.75, 3.05) is 0 Å². The van der Waals surface area contributed by atoms with Gasteiger partial charge >= 0.3 is 5.97 Å². The molecule has 0 aliphatic heterocycles. The van der Waals surface area contributed by atoms with Crippen LogP contribution in [0.3, 0.4) is 0 Å². The van der Waals surface area contributed by atoms with Crippen molar-refractivity contribution in [3.63, 3.8) is 0 Å². The molecule has 170 valence electrons. The highest BCUT2D eigenvalue weighted by molar-refractivity contribution is 8.10. The smallest absolute Gasteiger partial charge is 0.303 e. The molecule has 1 aliphatic carbocycles. The number of esters is 1. The van der Waals surface area contributed by atoms with Gasteiger partial charge in [-0.25, -0.2) is 16.8 Å². The predicted molar refractivity (Wildman–Crippen MR) is 122 cm³/mol. The van der Waals surface area contributed by atoms with Gasteiger partial charge < -0.3 is 4.74 Å². The maximum absolute atomic E-state index is 14.1. The summed E-state index contributed by atoms with van der Waals surface area (Å²) >= 11 is 0. The molecule has 2 aromatic rings. The number of carbonyl (C=O) groups is 1. The summed E-state index contributed by atoms with van der Waals surface area (Å²) in [4.78, 5) is 11.2. The quantitative estimate of drug-likeness (QED) is 0.422. The Morgan fingerprint density at radius 3 is 1.81 bits per heavy atom. The molecule has 0 aromatic heterocycles. The first-order valence-corrected chi connectivity index (χ1v) is 13.2. The summed E-state index contributed by atoms with van der Waals surface area (Å²) < 4.78 is 59.3. The van der Waals surface area contributed by atoms with E-state index < -0.39 is 41.7 Å². The fourth-order valence-corrected chi connectivity index (χ4v) is 9.61. The minimum Gasteiger partial charge on any atom is -0.458 e. The molecule has 0 unspecified atom stereocenters. The predicted octanol–water partition coefficient (Wildman–Crippen LogP) is 4.10. The normalized spacial score (nSPS) is 19.3. The monoisotopic (exact) mass is 474 g/mol. The van der Waals surface area contributed by atoms with Crippen LogP contribution in [0.25, 0.3) is 0 Å². The van der Waals surface area contributed by atoms with Crippen LogP contribution in [-0.2, 0) is 29.2 Å². The van der Waals surface area contributed by atoms with Crippen molar-refractivity contribution in [3.8, 4) is 0 Å². The second-order valence-corrected chi connectivity index (χ2v) is 12.3. The van der Waals surface area contributed by atoms with Crippen LogP contribution in [0.2, 0.25) is 0 Å². The summed E-state index contributed by atoms with van der Waals surface area (Å²) in [5.41, 5.74) is 0. The molecule has 0 saturated carbocycles. The number of carbonyl (C=O) groups excluding carboxylic acids is 1. The Balaban J connectivity index is 2.27. The van der Waals surface area contributed by atoms with Crippen LogP contribution < -0.4 is 0 Å². The molecule has 6 nitrogen and oxygen atoms in total. The van der Waals surface area contributed by atoms with Gasteiger partial charge in [0.15, 0.2) is 23.8 Å². The van der Waals surface area contributed by atoms with Gasteiger partial charge in [-0.15, -0.1) is 6.58 Å². The molecule has 1 aliphatic rings. The molecular weight excluding hydrogens is 448 g/mol. The van der Waals surface area contributed by atoms with Crippen molar-refractivity contribution in [1.29, 1.82) is 0 Å². The first kappa shape index (κ1) is 23.9. The molecule has 8 heteroatoms. The molecule has 2 aromatic carbocycles. The van der Waals surface area contributed by atoms with E-state index >= 15 is 0 Å². The zero-order valence-corrected chi connectivity index (χ0v) is 19.4. The Labute approximate surface area is 189 Å². The first-order chi connectivity index (χ1) is 15.2. The van der Waals surface area contributed by atoms with Gasteiger partial charge in [-0.3, -0.25) is 4.79 Å². The number of hydrogen-bond acceptors (Lipinski definition) is 6. The van der Waals surface area contributed by atoms with Crippen LogP contribution in [0.1, 0.15) is 26.2 Å². The molecule has 0 amide bonds. The maximum Gasteiger partial charge on any atom is 0.303 e. The maximum atomic E-state index is 14.1. The van der Waals surface area contributed by atoms with Crippen LogP contribution in [0.4, 0.5) is 0 Å². The topological polar surface area (TPSA) is 94.6 Å². The number of sulfone groups is 2. The average molecular weight is 475 g/mol. The van der Waals surface area contributed by atoms with Crippen LogP contribution in [0.5, 0.6) is 0 Å². The van der Waals surface area contributed by atoms with Gasteiger partial charge in [0, 0.05) is 19.3 Å². The number of hydrogen-bond donors (Lipinski definition) is 0. The molecule has 0 N–H and O–H groups in total. The second kappa shape index (κ2) is 9.42. The third kappa shape index (κ3) is 4.17. The summed E-state index contributed by atoms with van der Waals surface area (Å²) in [5, 5.41) is 0. The molecule has 0 radical (unpaired) electrons. The molecule has 3 rings (SSSR count). The van der Waals surface area contributed by atoms with Crippen LogP contribution in [0, 0.1) is 5.92 Å². The Morgan fingerprint density at radius 2 is 1.44 bits per heavy atom. The lowest BCUT2D eigenvalue weighted by Crippen LogP contribution is -2.52. The van der Waals surface area contributed by atoms with Crippen LogP contribution in [0.15, 0.2) is 95.3 Å². The van der Waals surface area contributed by atoms with Gasteiger partial charge in [0.1, 0.15) is 6.10 Å². The summed E-state index contributed by atoms with van der Waals surface area (Å²) in [5.74, 6) is -1.33. The summed E-state index contributed by atoms with van der Waals surface area (Å²) in [7, 11) is -8.78. The highest BCUT2D eigenvalue weighted by atomic mass is 32.3. The third-order valence-electron chi connectivity index (χ3n) is 5.65. The number of rotatable bonds is 8. The highest BCUT2D eigenvalue weighted by Crippen LogP contribution is 2.47. The zero-order chi connectivity index (χ0) is 23.4. The summed E-state index contributed by atoms with van der Waals surface area (Å²) in [6.07, 6.45) is 4.18. The van der Waals surface area contributed by atoms with Crippen LogP contribution >= 0.6 is 0 Å². The Hall–Kier alpha value is -2.71. The van der Waals surface area contributed by atoms with Gasteiger partial charge in [-0.05, 0) is 43.2 Å². The number of benzene rings is 2. The lowest BCUT2D eigenvalue weighted by Gasteiger charge is -2.39. The van der Waals surface area contributed by atoms with E-state index in [-0.39, 0.29) is 22.6 Å². The third-order valence-corrected chi connectivity index (χ3v) is 11.5. The van der Waals surface area contributed by atoms with E-state index in [0.29, 0.717) is 6.42 Å². The lowest BCUT2D eigenvalue weighted by atomic mass is 9.89. The number of ether oxygens (including phenoxy) is 1. The first-order valence-electron chi connectivity index (χ1n) is 10.2. The largest absolute Gasteiger partial charge is 0.458 e. The molecule has 0 spiro atoms. The van der Waals surface area contributed by atoms with Crippen molar-refractivity contribution in [1.82, 2.24) is 0 Å². The van der Waals surface area contributed by atoms with E-state index in [2.05, 4.69) is 6.58 Å². The lowest BCUT2D eigenvalue weighted by molar-refractivity contribution is -0.144. The van der Waals surface area contributed by atoms with Gasteiger partial charge in [-0.2, -0.15) is 0 Å². The second-order valence-electron chi connectivity index (χ2n) is 7.65. The minimum absolute atomic E-state index is 0.0723. The van der Waals surface area contributed by atoms with Gasteiger partial charge in [-0.1, -0.05) is 48.6 Å². The van der Waals surface area contributed by atoms with Gasteiger partial charge in [0.2, 0.25) is 0 Å². The van der Waals surface area contributed by atoms with Crippen LogP contribution in [-0.4, -0.2) is 33.0 Å². The van der Waals surface area contributed by atoms with E-state index in [4.69, 9.17) is 4.74 Å². The highest BCUT2D eigenvalue weighted by Gasteiger charge is 2.59. The van der Waals surface area contributed by atoms with Crippen molar-refractivity contribution in [3.05, 3.63) is 85.5 Å². The van der Waals surface area contributed by atoms with Gasteiger partial charge in [0.05, 0.1) is 9.79 Å². The SMILES string of the molecule is C=CCC([C@H]1C=C[C@@H](OC(C)=O)CC1)(S(=O)(=O)c1ccccc1)S(=O)(=O)c1ccccc1. The average Bonchev–Trinajstić information content (AvgIpc) is 2.78.